The van der Waals surface area contributed by atoms with E-state index in [4.69, 9.17) is 0 Å². The van der Waals surface area contributed by atoms with E-state index in [2.05, 4.69) is 16.0 Å². The van der Waals surface area contributed by atoms with Crippen molar-refractivity contribution in [2.75, 3.05) is 20.1 Å². The number of carbonyl (C=O) groups excluding carboxylic acids is 2. The van der Waals surface area contributed by atoms with Crippen LogP contribution in [-0.2, 0) is 11.3 Å². The largest absolute Gasteiger partial charge is 0.352 e. The lowest BCUT2D eigenvalue weighted by Gasteiger charge is -2.08. The number of halogens is 1. The van der Waals surface area contributed by atoms with Crippen LogP contribution in [0.5, 0.6) is 0 Å². The second-order valence-corrected chi connectivity index (χ2v) is 4.59. The number of hydrogen-bond acceptors (Lipinski definition) is 3. The van der Waals surface area contributed by atoms with Gasteiger partial charge in [-0.25, -0.2) is 0 Å². The highest BCUT2D eigenvalue weighted by Crippen LogP contribution is 2.05. The minimum Gasteiger partial charge on any atom is -0.352 e. The Morgan fingerprint density at radius 1 is 1.14 bits per heavy atom. The predicted molar refractivity (Wildman–Crippen MR) is 86.7 cm³/mol. The van der Waals surface area contributed by atoms with Gasteiger partial charge in [0.2, 0.25) is 5.91 Å². The topological polar surface area (TPSA) is 70.2 Å². The van der Waals surface area contributed by atoms with Crippen LogP contribution in [0.1, 0.15) is 35.7 Å². The minimum absolute atomic E-state index is 0. The van der Waals surface area contributed by atoms with E-state index in [0.717, 1.165) is 12.0 Å². The molecule has 0 heterocycles. The molecule has 0 aliphatic rings. The second-order valence-electron chi connectivity index (χ2n) is 4.59. The van der Waals surface area contributed by atoms with Crippen LogP contribution in [-0.4, -0.2) is 32.0 Å². The second kappa shape index (κ2) is 11.1. The van der Waals surface area contributed by atoms with Gasteiger partial charge in [0.05, 0.1) is 0 Å². The van der Waals surface area contributed by atoms with Crippen molar-refractivity contribution in [2.45, 2.75) is 26.3 Å². The zero-order valence-electron chi connectivity index (χ0n) is 12.6. The Bertz CT molecular complexity index is 452. The van der Waals surface area contributed by atoms with Crippen LogP contribution >= 0.6 is 12.4 Å². The van der Waals surface area contributed by atoms with Crippen molar-refractivity contribution in [3.05, 3.63) is 35.4 Å². The fourth-order valence-electron chi connectivity index (χ4n) is 1.69. The SMILES string of the molecule is CCCNC(=O)c1cccc(CNC(=O)CCNC)c1.Cl. The summed E-state index contributed by atoms with van der Waals surface area (Å²) in [6.45, 7) is 3.78. The molecule has 0 aliphatic carbocycles. The Morgan fingerprint density at radius 2 is 1.90 bits per heavy atom. The summed E-state index contributed by atoms with van der Waals surface area (Å²) in [6, 6.07) is 7.31. The van der Waals surface area contributed by atoms with E-state index in [1.807, 2.05) is 32.2 Å². The van der Waals surface area contributed by atoms with Gasteiger partial charge in [0.15, 0.2) is 0 Å². The third kappa shape index (κ3) is 7.68. The number of rotatable bonds is 8. The molecule has 3 N–H and O–H groups in total. The summed E-state index contributed by atoms with van der Waals surface area (Å²) in [4.78, 5) is 23.3. The molecule has 0 saturated heterocycles. The highest BCUT2D eigenvalue weighted by Gasteiger charge is 2.06. The Balaban J connectivity index is 0.00000400. The van der Waals surface area contributed by atoms with Gasteiger partial charge >= 0.3 is 0 Å². The van der Waals surface area contributed by atoms with Crippen LogP contribution in [0.15, 0.2) is 24.3 Å². The molecule has 0 radical (unpaired) electrons. The highest BCUT2D eigenvalue weighted by atomic mass is 35.5. The number of benzene rings is 1. The molecule has 5 nitrogen and oxygen atoms in total. The Labute approximate surface area is 132 Å². The lowest BCUT2D eigenvalue weighted by Crippen LogP contribution is -2.26. The average Bonchev–Trinajstić information content (AvgIpc) is 2.48. The molecule has 1 rings (SSSR count). The van der Waals surface area contributed by atoms with Gasteiger partial charge in [0.1, 0.15) is 0 Å². The zero-order chi connectivity index (χ0) is 14.8. The van der Waals surface area contributed by atoms with Crippen LogP contribution in [0.4, 0.5) is 0 Å². The predicted octanol–water partition coefficient (Wildman–Crippen LogP) is 1.47. The summed E-state index contributed by atoms with van der Waals surface area (Å²) in [5.74, 6) is -0.0737. The van der Waals surface area contributed by atoms with Crippen molar-refractivity contribution in [3.8, 4) is 0 Å². The normalized spacial score (nSPS) is 9.62. The zero-order valence-corrected chi connectivity index (χ0v) is 13.4. The first kappa shape index (κ1) is 19.4. The van der Waals surface area contributed by atoms with Crippen molar-refractivity contribution in [1.29, 1.82) is 0 Å². The summed E-state index contributed by atoms with van der Waals surface area (Å²) in [7, 11) is 1.81. The number of hydrogen-bond donors (Lipinski definition) is 3. The van der Waals surface area contributed by atoms with Crippen LogP contribution in [0.25, 0.3) is 0 Å². The summed E-state index contributed by atoms with van der Waals surface area (Å²) in [5.41, 5.74) is 1.55. The average molecular weight is 314 g/mol. The quantitative estimate of drug-likeness (QED) is 0.681. The van der Waals surface area contributed by atoms with E-state index in [1.54, 1.807) is 6.07 Å². The Hall–Kier alpha value is -1.59. The van der Waals surface area contributed by atoms with Crippen molar-refractivity contribution >= 4 is 24.2 Å². The fourth-order valence-corrected chi connectivity index (χ4v) is 1.69. The van der Waals surface area contributed by atoms with Crippen molar-refractivity contribution in [3.63, 3.8) is 0 Å². The summed E-state index contributed by atoms with van der Waals surface area (Å²) < 4.78 is 0. The highest BCUT2D eigenvalue weighted by molar-refractivity contribution is 5.94. The third-order valence-corrected chi connectivity index (χ3v) is 2.82. The molecule has 0 aromatic heterocycles. The van der Waals surface area contributed by atoms with Crippen LogP contribution in [0.2, 0.25) is 0 Å². The molecule has 0 aliphatic heterocycles. The lowest BCUT2D eigenvalue weighted by atomic mass is 10.1. The molecule has 0 saturated carbocycles. The van der Waals surface area contributed by atoms with Gasteiger partial charge < -0.3 is 16.0 Å². The first-order chi connectivity index (χ1) is 9.67. The molecule has 1 aromatic carbocycles. The molecule has 1 aromatic rings. The first-order valence-electron chi connectivity index (χ1n) is 6.95. The van der Waals surface area contributed by atoms with E-state index in [-0.39, 0.29) is 24.2 Å². The minimum atomic E-state index is -0.0739. The van der Waals surface area contributed by atoms with Gasteiger partial charge in [0.25, 0.3) is 5.91 Å². The molecule has 2 amide bonds. The molecule has 0 fully saturated rings. The number of carbonyl (C=O) groups is 2. The van der Waals surface area contributed by atoms with E-state index >= 15 is 0 Å². The summed E-state index contributed by atoms with van der Waals surface area (Å²) in [5, 5.41) is 8.59. The van der Waals surface area contributed by atoms with Gasteiger partial charge in [-0.05, 0) is 31.2 Å². The molecule has 0 atom stereocenters. The van der Waals surface area contributed by atoms with Gasteiger partial charge in [-0.2, -0.15) is 0 Å². The van der Waals surface area contributed by atoms with E-state index < -0.39 is 0 Å². The van der Waals surface area contributed by atoms with Gasteiger partial charge in [-0.3, -0.25) is 9.59 Å². The first-order valence-corrected chi connectivity index (χ1v) is 6.95. The van der Waals surface area contributed by atoms with E-state index in [0.29, 0.717) is 31.6 Å². The van der Waals surface area contributed by atoms with Gasteiger partial charge in [-0.1, -0.05) is 19.1 Å². The molecule has 21 heavy (non-hydrogen) atoms. The molecular weight excluding hydrogens is 290 g/mol. The Morgan fingerprint density at radius 3 is 2.57 bits per heavy atom. The van der Waals surface area contributed by atoms with Gasteiger partial charge in [-0.15, -0.1) is 12.4 Å². The maximum absolute atomic E-state index is 11.8. The molecule has 0 unspecified atom stereocenters. The fraction of sp³-hybridized carbons (Fsp3) is 0.467. The third-order valence-electron chi connectivity index (χ3n) is 2.82. The smallest absolute Gasteiger partial charge is 0.251 e. The molecule has 6 heteroatoms. The summed E-state index contributed by atoms with van der Waals surface area (Å²) in [6.07, 6.45) is 1.36. The van der Waals surface area contributed by atoms with Crippen LogP contribution in [0.3, 0.4) is 0 Å². The molecular formula is C15H24ClN3O2. The number of amides is 2. The van der Waals surface area contributed by atoms with E-state index in [9.17, 15) is 9.59 Å². The molecule has 0 spiro atoms. The number of nitrogens with one attached hydrogen (secondary N) is 3. The Kier molecular flexibility index (Phi) is 10.3. The standard InChI is InChI=1S/C15H23N3O2.ClH/c1-3-8-17-15(20)13-6-4-5-12(10-13)11-18-14(19)7-9-16-2;/h4-6,10,16H,3,7-9,11H2,1-2H3,(H,17,20)(H,18,19);1H. The van der Waals surface area contributed by atoms with Crippen LogP contribution in [0, 0.1) is 0 Å². The van der Waals surface area contributed by atoms with Crippen molar-refractivity contribution in [1.82, 2.24) is 16.0 Å². The monoisotopic (exact) mass is 313 g/mol. The van der Waals surface area contributed by atoms with Crippen molar-refractivity contribution < 1.29 is 9.59 Å². The summed E-state index contributed by atoms with van der Waals surface area (Å²) >= 11 is 0. The lowest BCUT2D eigenvalue weighted by molar-refractivity contribution is -0.121. The van der Waals surface area contributed by atoms with Crippen molar-refractivity contribution in [2.24, 2.45) is 0 Å². The maximum Gasteiger partial charge on any atom is 0.251 e. The molecule has 118 valence electrons. The maximum atomic E-state index is 11.8. The van der Waals surface area contributed by atoms with Crippen LogP contribution < -0.4 is 16.0 Å². The molecule has 0 bridgehead atoms. The van der Waals surface area contributed by atoms with Gasteiger partial charge in [0, 0.05) is 31.6 Å². The van der Waals surface area contributed by atoms with E-state index in [1.165, 1.54) is 0 Å².